The zero-order valence-corrected chi connectivity index (χ0v) is 12.7. The van der Waals surface area contributed by atoms with Crippen LogP contribution >= 0.6 is 11.3 Å². The number of nitrogens with one attached hydrogen (secondary N) is 2. The van der Waals surface area contributed by atoms with Gasteiger partial charge in [0.05, 0.1) is 12.1 Å². The molecule has 0 amide bonds. The maximum Gasteiger partial charge on any atom is 0.303 e. The average Bonchev–Trinajstić information content (AvgIpc) is 2.90. The third-order valence-electron chi connectivity index (χ3n) is 3.32. The first-order valence-corrected chi connectivity index (χ1v) is 7.83. The van der Waals surface area contributed by atoms with Gasteiger partial charge in [-0.05, 0) is 36.8 Å². The Kier molecular flexibility index (Phi) is 5.46. The summed E-state index contributed by atoms with van der Waals surface area (Å²) >= 11 is 1.39. The second-order valence-electron chi connectivity index (χ2n) is 5.15. The topological polar surface area (TPSA) is 95.1 Å². The van der Waals surface area contributed by atoms with Crippen molar-refractivity contribution in [2.75, 3.05) is 6.54 Å². The predicted octanol–water partition coefficient (Wildman–Crippen LogP) is 1.97. The first kappa shape index (κ1) is 15.7. The Morgan fingerprint density at radius 1 is 1.52 bits per heavy atom. The number of carbonyl (C=O) groups is 1. The summed E-state index contributed by atoms with van der Waals surface area (Å²) < 4.78 is 0.654. The van der Waals surface area contributed by atoms with E-state index in [1.807, 2.05) is 18.4 Å². The third-order valence-corrected chi connectivity index (χ3v) is 4.22. The molecule has 0 radical (unpaired) electrons. The molecule has 0 aliphatic heterocycles. The predicted molar refractivity (Wildman–Crippen MR) is 82.6 cm³/mol. The molecule has 0 fully saturated rings. The molecule has 1 unspecified atom stereocenters. The van der Waals surface area contributed by atoms with Gasteiger partial charge in [-0.25, -0.2) is 4.98 Å². The molecule has 0 aliphatic rings. The summed E-state index contributed by atoms with van der Waals surface area (Å²) in [5.74, 6) is 0.240. The van der Waals surface area contributed by atoms with Gasteiger partial charge < -0.3 is 15.4 Å². The highest BCUT2D eigenvalue weighted by Crippen LogP contribution is 2.13. The van der Waals surface area contributed by atoms with Gasteiger partial charge in [0, 0.05) is 6.42 Å². The van der Waals surface area contributed by atoms with Crippen molar-refractivity contribution in [3.63, 3.8) is 0 Å². The molecule has 6 nitrogen and oxygen atoms in total. The average molecular weight is 309 g/mol. The SMILES string of the molecule is CC(CCNCc1nc2ccsc2c(=O)[nH]1)CCC(=O)O. The van der Waals surface area contributed by atoms with Crippen LogP contribution < -0.4 is 10.9 Å². The fourth-order valence-corrected chi connectivity index (χ4v) is 2.80. The number of aromatic nitrogens is 2. The van der Waals surface area contributed by atoms with Gasteiger partial charge in [-0.2, -0.15) is 0 Å². The quantitative estimate of drug-likeness (QED) is 0.648. The van der Waals surface area contributed by atoms with Crippen LogP contribution in [0.1, 0.15) is 32.0 Å². The largest absolute Gasteiger partial charge is 0.481 e. The second-order valence-corrected chi connectivity index (χ2v) is 6.07. The molecule has 0 bridgehead atoms. The van der Waals surface area contributed by atoms with Crippen LogP contribution in [0.4, 0.5) is 0 Å². The first-order valence-electron chi connectivity index (χ1n) is 6.95. The fourth-order valence-electron chi connectivity index (χ4n) is 2.07. The molecule has 0 spiro atoms. The second kappa shape index (κ2) is 7.33. The summed E-state index contributed by atoms with van der Waals surface area (Å²) in [6.45, 7) is 3.32. The Bertz CT molecular complexity index is 665. The van der Waals surface area contributed by atoms with Crippen molar-refractivity contribution in [1.82, 2.24) is 15.3 Å². The maximum atomic E-state index is 11.8. The van der Waals surface area contributed by atoms with Crippen molar-refractivity contribution in [3.8, 4) is 0 Å². The highest BCUT2D eigenvalue weighted by Gasteiger charge is 2.07. The molecule has 1 atom stereocenters. The molecule has 2 aromatic rings. The number of carboxylic acid groups (broad SMARTS) is 1. The lowest BCUT2D eigenvalue weighted by atomic mass is 10.0. The molecular formula is C14H19N3O3S. The summed E-state index contributed by atoms with van der Waals surface area (Å²) in [5.41, 5.74) is 0.636. The van der Waals surface area contributed by atoms with Crippen LogP contribution in [0.25, 0.3) is 10.2 Å². The standard InChI is InChI=1S/C14H19N3O3S/c1-9(2-3-12(18)19)4-6-15-8-11-16-10-5-7-21-13(10)14(20)17-11/h5,7,9,15H,2-4,6,8H2,1H3,(H,18,19)(H,16,17,20). The van der Waals surface area contributed by atoms with Crippen molar-refractivity contribution in [2.24, 2.45) is 5.92 Å². The van der Waals surface area contributed by atoms with E-state index in [0.29, 0.717) is 29.4 Å². The van der Waals surface area contributed by atoms with Crippen LogP contribution in [-0.2, 0) is 11.3 Å². The van der Waals surface area contributed by atoms with E-state index in [1.54, 1.807) is 0 Å². The minimum absolute atomic E-state index is 0.0957. The lowest BCUT2D eigenvalue weighted by Crippen LogP contribution is -2.21. The van der Waals surface area contributed by atoms with Gasteiger partial charge in [0.25, 0.3) is 5.56 Å². The van der Waals surface area contributed by atoms with Crippen LogP contribution in [0.3, 0.4) is 0 Å². The summed E-state index contributed by atoms with van der Waals surface area (Å²) in [7, 11) is 0. The molecule has 114 valence electrons. The van der Waals surface area contributed by atoms with Gasteiger partial charge in [-0.15, -0.1) is 11.3 Å². The van der Waals surface area contributed by atoms with Gasteiger partial charge in [0.15, 0.2) is 0 Å². The molecule has 0 aliphatic carbocycles. The number of aliphatic carboxylic acids is 1. The maximum absolute atomic E-state index is 11.8. The molecule has 3 N–H and O–H groups in total. The first-order chi connectivity index (χ1) is 10.1. The number of hydrogen-bond donors (Lipinski definition) is 3. The summed E-state index contributed by atoms with van der Waals surface area (Å²) in [4.78, 5) is 29.4. The number of carboxylic acids is 1. The number of thiophene rings is 1. The van der Waals surface area contributed by atoms with E-state index < -0.39 is 5.97 Å². The molecular weight excluding hydrogens is 290 g/mol. The minimum atomic E-state index is -0.749. The van der Waals surface area contributed by atoms with Crippen molar-refractivity contribution >= 4 is 27.5 Å². The molecule has 0 saturated carbocycles. The molecule has 0 aromatic carbocycles. The van der Waals surface area contributed by atoms with Crippen LogP contribution in [-0.4, -0.2) is 27.6 Å². The van der Waals surface area contributed by atoms with E-state index in [4.69, 9.17) is 5.11 Å². The fraction of sp³-hybridized carbons (Fsp3) is 0.500. The van der Waals surface area contributed by atoms with E-state index in [1.165, 1.54) is 11.3 Å². The van der Waals surface area contributed by atoms with Crippen LogP contribution in [0.2, 0.25) is 0 Å². The molecule has 2 rings (SSSR count). The Hall–Kier alpha value is -1.73. The van der Waals surface area contributed by atoms with E-state index in [2.05, 4.69) is 15.3 Å². The normalized spacial score (nSPS) is 12.6. The molecule has 21 heavy (non-hydrogen) atoms. The van der Waals surface area contributed by atoms with Crippen LogP contribution in [0.15, 0.2) is 16.2 Å². The van der Waals surface area contributed by atoms with Gasteiger partial charge in [0.2, 0.25) is 0 Å². The van der Waals surface area contributed by atoms with Gasteiger partial charge in [0.1, 0.15) is 10.5 Å². The van der Waals surface area contributed by atoms with Gasteiger partial charge in [-0.3, -0.25) is 9.59 Å². The van der Waals surface area contributed by atoms with Gasteiger partial charge >= 0.3 is 5.97 Å². The lowest BCUT2D eigenvalue weighted by Gasteiger charge is -2.10. The van der Waals surface area contributed by atoms with Gasteiger partial charge in [-0.1, -0.05) is 6.92 Å². The van der Waals surface area contributed by atoms with E-state index in [0.717, 1.165) is 18.5 Å². The third kappa shape index (κ3) is 4.64. The summed E-state index contributed by atoms with van der Waals surface area (Å²) in [6, 6.07) is 1.84. The highest BCUT2D eigenvalue weighted by molar-refractivity contribution is 7.17. The van der Waals surface area contributed by atoms with E-state index in [-0.39, 0.29) is 12.0 Å². The monoisotopic (exact) mass is 309 g/mol. The number of hydrogen-bond acceptors (Lipinski definition) is 5. The number of nitrogens with zero attached hydrogens (tertiary/aromatic N) is 1. The van der Waals surface area contributed by atoms with Crippen molar-refractivity contribution < 1.29 is 9.90 Å². The van der Waals surface area contributed by atoms with E-state index in [9.17, 15) is 9.59 Å². The van der Waals surface area contributed by atoms with E-state index >= 15 is 0 Å². The summed E-state index contributed by atoms with van der Waals surface area (Å²) in [5, 5.41) is 13.7. The number of fused-ring (bicyclic) bond motifs is 1. The molecule has 2 aromatic heterocycles. The number of H-pyrrole nitrogens is 1. The highest BCUT2D eigenvalue weighted by atomic mass is 32.1. The van der Waals surface area contributed by atoms with Crippen molar-refractivity contribution in [3.05, 3.63) is 27.6 Å². The van der Waals surface area contributed by atoms with Crippen molar-refractivity contribution in [1.29, 1.82) is 0 Å². The molecule has 7 heteroatoms. The lowest BCUT2D eigenvalue weighted by molar-refractivity contribution is -0.137. The molecule has 2 heterocycles. The smallest absolute Gasteiger partial charge is 0.303 e. The Labute approximate surface area is 126 Å². The molecule has 0 saturated heterocycles. The Morgan fingerprint density at radius 2 is 2.33 bits per heavy atom. The Balaban J connectivity index is 1.77. The van der Waals surface area contributed by atoms with Crippen LogP contribution in [0, 0.1) is 5.92 Å². The summed E-state index contributed by atoms with van der Waals surface area (Å²) in [6.07, 6.45) is 1.80. The van der Waals surface area contributed by atoms with Crippen molar-refractivity contribution in [2.45, 2.75) is 32.7 Å². The number of rotatable bonds is 8. The minimum Gasteiger partial charge on any atom is -0.481 e. The zero-order chi connectivity index (χ0) is 15.2. The Morgan fingerprint density at radius 3 is 3.10 bits per heavy atom. The van der Waals surface area contributed by atoms with Crippen LogP contribution in [0.5, 0.6) is 0 Å². The number of aromatic amines is 1. The zero-order valence-electron chi connectivity index (χ0n) is 11.9.